The average molecular weight is 793 g/mol. The van der Waals surface area contributed by atoms with Gasteiger partial charge >= 0.3 is 17.9 Å². The number of phenolic OH excluding ortho intramolecular Hbond substituents is 2. The van der Waals surface area contributed by atoms with Gasteiger partial charge < -0.3 is 20.4 Å². The zero-order chi connectivity index (χ0) is 40.2. The Morgan fingerprint density at radius 2 is 1.25 bits per heavy atom. The predicted molar refractivity (Wildman–Crippen MR) is 216 cm³/mol. The van der Waals surface area contributed by atoms with Gasteiger partial charge in [0, 0.05) is 46.5 Å². The number of para-hydroxylation sites is 2. The maximum absolute atomic E-state index is 11.5. The van der Waals surface area contributed by atoms with Crippen molar-refractivity contribution in [3.63, 3.8) is 0 Å². The van der Waals surface area contributed by atoms with Crippen LogP contribution >= 0.6 is 0 Å². The second kappa shape index (κ2) is 17.9. The summed E-state index contributed by atoms with van der Waals surface area (Å²) in [6, 6.07) is 16.1. The Balaban J connectivity index is 0.00000107. The summed E-state index contributed by atoms with van der Waals surface area (Å²) < 4.78 is 2.36. The molecule has 296 valence electrons. The number of likely N-dealkylation sites (N-methyl/N-ethyl adjacent to an activating group) is 1. The molecule has 5 rings (SSSR count). The first-order valence-corrected chi connectivity index (χ1v) is 18.5. The number of hydrogen-bond acceptors (Lipinski definition) is 8. The SMILES string of the molecule is C[N+]1=C2N(CCCc3cc(C(C)(C)C)cc(C=Nc4ccccc4N=Cc4cc(C(C)(C)C)cc(C(C)(C)C)c4O)c3O)CCN2CC1.O=C(O)C(=O)O.[Cr]. The summed E-state index contributed by atoms with van der Waals surface area (Å²) in [5, 5.41) is 37.6. The molecule has 2 aliphatic heterocycles. The van der Waals surface area contributed by atoms with Crippen molar-refractivity contribution in [3.8, 4) is 11.5 Å². The number of carboxylic acids is 2. The van der Waals surface area contributed by atoms with Crippen LogP contribution in [0.1, 0.15) is 102 Å². The number of phenols is 2. The van der Waals surface area contributed by atoms with Gasteiger partial charge in [0.05, 0.1) is 51.1 Å². The topological polar surface area (TPSA) is 149 Å². The van der Waals surface area contributed by atoms with Gasteiger partial charge in [-0.25, -0.2) is 9.59 Å². The molecule has 0 amide bonds. The van der Waals surface area contributed by atoms with Crippen molar-refractivity contribution in [2.24, 2.45) is 9.98 Å². The standard InChI is InChI=1S/C41H55N5O2.C2H2O4.Cr/c1-39(2,3)31-22-28(14-13-17-45-20-21-46-19-18-44(10)38(45)46)36(47)29(23-31)26-42-34-15-11-12-16-35(34)43-27-30-24-32(40(4,5)6)25-33(37(30)48)41(7,8)9;3-1(4)2(5)6;/h11-12,15-16,22-27H,13-14,17-21H2,1-10H3,(H-,42,43,47,48);(H,3,4)(H,5,6);/p+1. The Morgan fingerprint density at radius 1 is 0.745 bits per heavy atom. The third-order valence-corrected chi connectivity index (χ3v) is 9.77. The molecule has 1 saturated heterocycles. The van der Waals surface area contributed by atoms with E-state index in [2.05, 4.69) is 102 Å². The number of carbonyl (C=O) groups is 2. The number of aliphatic imine (C=N–C) groups is 2. The van der Waals surface area contributed by atoms with Crippen LogP contribution in [-0.2, 0) is 49.6 Å². The monoisotopic (exact) mass is 792 g/mol. The Bertz CT molecular complexity index is 1960. The second-order valence-electron chi connectivity index (χ2n) is 17.2. The van der Waals surface area contributed by atoms with Gasteiger partial charge in [0.15, 0.2) is 0 Å². The molecule has 0 unspecified atom stereocenters. The Kier molecular flexibility index (Phi) is 14.5. The number of carboxylic acid groups (broad SMARTS) is 2. The molecule has 0 spiro atoms. The molecular formula is C43H58CrN5O6+. The van der Waals surface area contributed by atoms with Gasteiger partial charge in [-0.1, -0.05) is 86.6 Å². The van der Waals surface area contributed by atoms with Gasteiger partial charge in [-0.05, 0) is 70.0 Å². The molecule has 3 aromatic rings. The smallest absolute Gasteiger partial charge is 0.414 e. The van der Waals surface area contributed by atoms with Crippen molar-refractivity contribution in [1.29, 1.82) is 0 Å². The number of fused-ring (bicyclic) bond motifs is 1. The maximum Gasteiger partial charge on any atom is 0.414 e. The zero-order valence-electron chi connectivity index (χ0n) is 34.0. The van der Waals surface area contributed by atoms with Crippen LogP contribution in [0.5, 0.6) is 11.5 Å². The Labute approximate surface area is 336 Å². The van der Waals surface area contributed by atoms with E-state index in [1.54, 1.807) is 12.4 Å². The summed E-state index contributed by atoms with van der Waals surface area (Å²) in [5.41, 5.74) is 6.56. The van der Waals surface area contributed by atoms with Crippen LogP contribution < -0.4 is 0 Å². The van der Waals surface area contributed by atoms with Crippen LogP contribution in [0.4, 0.5) is 11.4 Å². The minimum Gasteiger partial charge on any atom is -0.507 e. The van der Waals surface area contributed by atoms with E-state index in [1.165, 1.54) is 11.5 Å². The van der Waals surface area contributed by atoms with Gasteiger partial charge in [-0.2, -0.15) is 0 Å². The van der Waals surface area contributed by atoms with Gasteiger partial charge in [-0.3, -0.25) is 24.4 Å². The maximum atomic E-state index is 11.5. The van der Waals surface area contributed by atoms with Crippen molar-refractivity contribution >= 4 is 41.7 Å². The molecule has 0 atom stereocenters. The number of aromatic hydroxyl groups is 2. The van der Waals surface area contributed by atoms with Crippen molar-refractivity contribution in [1.82, 2.24) is 9.80 Å². The molecule has 55 heavy (non-hydrogen) atoms. The zero-order valence-corrected chi connectivity index (χ0v) is 35.2. The fourth-order valence-electron chi connectivity index (χ4n) is 6.54. The van der Waals surface area contributed by atoms with Crippen LogP contribution in [0.2, 0.25) is 0 Å². The molecule has 4 N–H and O–H groups in total. The summed E-state index contributed by atoms with van der Waals surface area (Å²) >= 11 is 0. The Morgan fingerprint density at radius 3 is 1.75 bits per heavy atom. The third kappa shape index (κ3) is 11.4. The van der Waals surface area contributed by atoms with Crippen LogP contribution in [0.15, 0.2) is 58.5 Å². The molecule has 3 aromatic carbocycles. The Hall–Kier alpha value is -4.66. The number of hydrogen-bond donors (Lipinski definition) is 4. The average Bonchev–Trinajstić information content (AvgIpc) is 3.65. The van der Waals surface area contributed by atoms with Crippen LogP contribution in [0.25, 0.3) is 0 Å². The normalized spacial score (nSPS) is 14.7. The van der Waals surface area contributed by atoms with Crippen LogP contribution in [-0.4, -0.2) is 105 Å². The van der Waals surface area contributed by atoms with E-state index in [4.69, 9.17) is 29.8 Å². The minimum atomic E-state index is -1.82. The molecular weight excluding hydrogens is 734 g/mol. The molecule has 11 nitrogen and oxygen atoms in total. The van der Waals surface area contributed by atoms with E-state index in [0.29, 0.717) is 28.3 Å². The van der Waals surface area contributed by atoms with Gasteiger partial charge in [0.1, 0.15) is 11.5 Å². The van der Waals surface area contributed by atoms with E-state index in [0.717, 1.165) is 62.3 Å². The summed E-state index contributed by atoms with van der Waals surface area (Å²) in [4.78, 5) is 32.8. The number of guanidine groups is 1. The van der Waals surface area contributed by atoms with Gasteiger partial charge in [-0.15, -0.1) is 0 Å². The molecule has 0 aliphatic carbocycles. The summed E-state index contributed by atoms with van der Waals surface area (Å²) in [5.74, 6) is -1.75. The van der Waals surface area contributed by atoms with Crippen molar-refractivity contribution in [2.75, 3.05) is 39.8 Å². The fraction of sp³-hybridized carbons (Fsp3) is 0.465. The molecule has 0 bridgehead atoms. The largest absolute Gasteiger partial charge is 0.507 e. The number of rotatable bonds is 8. The summed E-state index contributed by atoms with van der Waals surface area (Å²) in [7, 11) is 2.18. The molecule has 2 aliphatic rings. The van der Waals surface area contributed by atoms with E-state index in [-0.39, 0.29) is 39.4 Å². The number of aliphatic carboxylic acids is 2. The number of nitrogens with zero attached hydrogens (tertiary/aromatic N) is 5. The molecule has 0 aromatic heterocycles. The summed E-state index contributed by atoms with van der Waals surface area (Å²) in [6.45, 7) is 24.8. The first-order valence-electron chi connectivity index (χ1n) is 18.5. The van der Waals surface area contributed by atoms with E-state index >= 15 is 0 Å². The number of benzene rings is 3. The van der Waals surface area contributed by atoms with Gasteiger partial charge in [0.25, 0.3) is 0 Å². The second-order valence-corrected chi connectivity index (χ2v) is 17.2. The molecule has 0 radical (unpaired) electrons. The summed E-state index contributed by atoms with van der Waals surface area (Å²) in [6.07, 6.45) is 5.25. The van der Waals surface area contributed by atoms with E-state index < -0.39 is 11.9 Å². The van der Waals surface area contributed by atoms with Crippen molar-refractivity contribution in [3.05, 3.63) is 81.9 Å². The molecule has 1 fully saturated rings. The van der Waals surface area contributed by atoms with Gasteiger partial charge in [0.2, 0.25) is 0 Å². The van der Waals surface area contributed by atoms with Crippen molar-refractivity contribution in [2.45, 2.75) is 91.4 Å². The number of aryl methyl sites for hydroxylation is 1. The van der Waals surface area contributed by atoms with Crippen LogP contribution in [0, 0.1) is 0 Å². The minimum absolute atomic E-state index is 0. The third-order valence-electron chi connectivity index (χ3n) is 9.77. The fourth-order valence-corrected chi connectivity index (χ4v) is 6.54. The first-order chi connectivity index (χ1) is 25.1. The molecule has 0 saturated carbocycles. The van der Waals surface area contributed by atoms with Crippen molar-refractivity contribution < 1.29 is 52.0 Å². The molecule has 2 heterocycles. The molecule has 12 heteroatoms. The van der Waals surface area contributed by atoms with E-state index in [1.807, 2.05) is 30.3 Å². The first kappa shape index (κ1) is 44.7. The quantitative estimate of drug-likeness (QED) is 0.106. The van der Waals surface area contributed by atoms with E-state index in [9.17, 15) is 10.2 Å². The predicted octanol–water partition coefficient (Wildman–Crippen LogP) is 7.21. The van der Waals surface area contributed by atoms with Crippen LogP contribution in [0.3, 0.4) is 0 Å².